The van der Waals surface area contributed by atoms with Crippen LogP contribution in [0.15, 0.2) is 58.7 Å². The number of morpholine rings is 1. The highest BCUT2D eigenvalue weighted by Gasteiger charge is 2.14. The molecule has 4 aromatic rings. The Kier molecular flexibility index (Phi) is 6.70. The normalized spacial score (nSPS) is 14.4. The highest BCUT2D eigenvalue weighted by molar-refractivity contribution is 7.14. The summed E-state index contributed by atoms with van der Waals surface area (Å²) < 4.78 is 12.7. The van der Waals surface area contributed by atoms with Crippen LogP contribution in [0.1, 0.15) is 16.2 Å². The molecule has 0 radical (unpaired) electrons. The second kappa shape index (κ2) is 10.2. The predicted octanol–water partition coefficient (Wildman–Crippen LogP) is 3.46. The van der Waals surface area contributed by atoms with E-state index in [4.69, 9.17) is 9.15 Å². The first-order chi connectivity index (χ1) is 16.6. The third-order valence-corrected chi connectivity index (χ3v) is 6.48. The van der Waals surface area contributed by atoms with E-state index in [1.165, 1.54) is 17.6 Å². The van der Waals surface area contributed by atoms with Crippen LogP contribution in [0.2, 0.25) is 0 Å². The molecule has 0 aliphatic carbocycles. The van der Waals surface area contributed by atoms with Crippen LogP contribution in [0.3, 0.4) is 0 Å². The number of rotatable bonds is 8. The molecule has 0 atom stereocenters. The highest BCUT2D eigenvalue weighted by Crippen LogP contribution is 2.22. The smallest absolute Gasteiger partial charge is 0.293 e. The van der Waals surface area contributed by atoms with Gasteiger partial charge in [0.25, 0.3) is 5.91 Å². The fraction of sp³-hybridized carbons (Fsp3) is 0.292. The fourth-order valence-corrected chi connectivity index (χ4v) is 4.63. The summed E-state index contributed by atoms with van der Waals surface area (Å²) in [6.07, 6.45) is 3.64. The summed E-state index contributed by atoms with van der Waals surface area (Å²) in [6.45, 7) is 5.47. The first-order valence-corrected chi connectivity index (χ1v) is 12.0. The molecule has 0 unspecified atom stereocenters. The highest BCUT2D eigenvalue weighted by atomic mass is 32.1. The largest absolute Gasteiger partial charge is 0.459 e. The number of nitrogens with one attached hydrogen (secondary N) is 2. The number of thiazole rings is 1. The second-order valence-electron chi connectivity index (χ2n) is 8.04. The maximum atomic E-state index is 12.5. The van der Waals surface area contributed by atoms with Crippen LogP contribution in [0.4, 0.5) is 10.8 Å². The van der Waals surface area contributed by atoms with E-state index in [1.54, 1.807) is 17.5 Å². The molecule has 4 heterocycles. The number of anilines is 2. The van der Waals surface area contributed by atoms with Crippen molar-refractivity contribution in [3.63, 3.8) is 0 Å². The Morgan fingerprint density at radius 1 is 1.09 bits per heavy atom. The second-order valence-corrected chi connectivity index (χ2v) is 8.90. The van der Waals surface area contributed by atoms with Gasteiger partial charge in [-0.05, 0) is 36.4 Å². The number of amides is 2. The van der Waals surface area contributed by atoms with Gasteiger partial charge in [-0.15, -0.1) is 11.3 Å². The van der Waals surface area contributed by atoms with E-state index in [0.29, 0.717) is 10.8 Å². The summed E-state index contributed by atoms with van der Waals surface area (Å²) in [4.78, 5) is 31.3. The summed E-state index contributed by atoms with van der Waals surface area (Å²) in [5, 5.41) is 8.87. The zero-order valence-electron chi connectivity index (χ0n) is 18.5. The van der Waals surface area contributed by atoms with Crippen molar-refractivity contribution in [2.24, 2.45) is 0 Å². The van der Waals surface area contributed by atoms with E-state index in [9.17, 15) is 9.59 Å². The number of carbonyl (C=O) groups excluding carboxylic acids is 2. The molecule has 2 amide bonds. The summed E-state index contributed by atoms with van der Waals surface area (Å²) in [5.74, 6) is -0.333. The van der Waals surface area contributed by atoms with Crippen LogP contribution in [-0.4, -0.2) is 59.1 Å². The van der Waals surface area contributed by atoms with Crippen molar-refractivity contribution < 1.29 is 18.7 Å². The van der Waals surface area contributed by atoms with Crippen molar-refractivity contribution in [1.29, 1.82) is 0 Å². The lowest BCUT2D eigenvalue weighted by molar-refractivity contribution is -0.115. The molecular weight excluding hydrogens is 454 g/mol. The quantitative estimate of drug-likeness (QED) is 0.401. The Bertz CT molecular complexity index is 1270. The molecule has 1 aromatic carbocycles. The van der Waals surface area contributed by atoms with Gasteiger partial charge in [-0.2, -0.15) is 0 Å². The zero-order chi connectivity index (χ0) is 23.3. The van der Waals surface area contributed by atoms with Gasteiger partial charge in [-0.3, -0.25) is 19.8 Å². The molecule has 1 fully saturated rings. The average molecular weight is 480 g/mol. The van der Waals surface area contributed by atoms with Gasteiger partial charge in [0.15, 0.2) is 10.9 Å². The van der Waals surface area contributed by atoms with E-state index in [0.717, 1.165) is 56.0 Å². The minimum atomic E-state index is -0.375. The van der Waals surface area contributed by atoms with Crippen LogP contribution in [0.25, 0.3) is 10.9 Å². The first kappa shape index (κ1) is 22.3. The summed E-state index contributed by atoms with van der Waals surface area (Å²) in [7, 11) is 0. The number of hydrogen-bond acceptors (Lipinski definition) is 7. The lowest BCUT2D eigenvalue weighted by Gasteiger charge is -2.26. The zero-order valence-corrected chi connectivity index (χ0v) is 19.3. The lowest BCUT2D eigenvalue weighted by Crippen LogP contribution is -2.38. The number of carbonyl (C=O) groups is 2. The minimum absolute atomic E-state index is 0.117. The number of furan rings is 1. The summed E-state index contributed by atoms with van der Waals surface area (Å²) in [6, 6.07) is 11.2. The minimum Gasteiger partial charge on any atom is -0.459 e. The Morgan fingerprint density at radius 2 is 1.97 bits per heavy atom. The van der Waals surface area contributed by atoms with E-state index >= 15 is 0 Å². The van der Waals surface area contributed by atoms with Gasteiger partial charge in [0, 0.05) is 54.3 Å². The van der Waals surface area contributed by atoms with Gasteiger partial charge < -0.3 is 19.0 Å². The van der Waals surface area contributed by atoms with E-state index in [-0.39, 0.29) is 24.0 Å². The molecule has 0 bridgehead atoms. The molecule has 176 valence electrons. The van der Waals surface area contributed by atoms with E-state index in [2.05, 4.69) is 37.3 Å². The molecule has 34 heavy (non-hydrogen) atoms. The maximum Gasteiger partial charge on any atom is 0.293 e. The number of fused-ring (bicyclic) bond motifs is 1. The predicted molar refractivity (Wildman–Crippen MR) is 130 cm³/mol. The van der Waals surface area contributed by atoms with Gasteiger partial charge in [0.05, 0.1) is 31.6 Å². The van der Waals surface area contributed by atoms with Crippen LogP contribution >= 0.6 is 11.3 Å². The molecular formula is C24H25N5O4S. The molecule has 2 N–H and O–H groups in total. The molecule has 0 saturated carbocycles. The van der Waals surface area contributed by atoms with Gasteiger partial charge in [0.1, 0.15) is 0 Å². The standard InChI is InChI=1S/C24H25N5O4S/c30-22(15-19-16-34-24(26-19)27-23(31)21-2-1-11-33-21)25-18-3-4-20-17(14-18)5-6-29(20)8-7-28-9-12-32-13-10-28/h1-6,11,14,16H,7-10,12-13,15H2,(H,25,30)(H,26,27,31). The lowest BCUT2D eigenvalue weighted by atomic mass is 10.2. The van der Waals surface area contributed by atoms with Crippen LogP contribution < -0.4 is 10.6 Å². The average Bonchev–Trinajstić information content (AvgIpc) is 3.60. The third-order valence-electron chi connectivity index (χ3n) is 5.67. The molecule has 1 aliphatic heterocycles. The number of hydrogen-bond donors (Lipinski definition) is 2. The van der Waals surface area contributed by atoms with Gasteiger partial charge >= 0.3 is 0 Å². The third kappa shape index (κ3) is 5.36. The fourth-order valence-electron chi connectivity index (χ4n) is 3.93. The number of ether oxygens (including phenoxy) is 1. The Morgan fingerprint density at radius 3 is 2.79 bits per heavy atom. The summed E-state index contributed by atoms with van der Waals surface area (Å²) >= 11 is 1.26. The van der Waals surface area contributed by atoms with E-state index in [1.807, 2.05) is 18.2 Å². The topological polar surface area (TPSA) is 102 Å². The Labute approximate surface area is 200 Å². The van der Waals surface area contributed by atoms with Crippen LogP contribution in [-0.2, 0) is 22.5 Å². The number of nitrogens with zero attached hydrogens (tertiary/aromatic N) is 3. The van der Waals surface area contributed by atoms with Gasteiger partial charge in [-0.1, -0.05) is 0 Å². The van der Waals surface area contributed by atoms with Crippen molar-refractivity contribution in [1.82, 2.24) is 14.5 Å². The molecule has 1 aliphatic rings. The SMILES string of the molecule is O=C(Cc1csc(NC(=O)c2ccco2)n1)Nc1ccc2c(ccn2CCN2CCOCC2)c1. The van der Waals surface area contributed by atoms with Gasteiger partial charge in [-0.25, -0.2) is 4.98 Å². The van der Waals surface area contributed by atoms with Crippen molar-refractivity contribution >= 4 is 44.9 Å². The molecule has 9 nitrogen and oxygen atoms in total. The summed E-state index contributed by atoms with van der Waals surface area (Å²) in [5.41, 5.74) is 2.47. The number of aromatic nitrogens is 2. The molecule has 0 spiro atoms. The van der Waals surface area contributed by atoms with Crippen molar-refractivity contribution in [2.75, 3.05) is 43.5 Å². The van der Waals surface area contributed by atoms with Crippen LogP contribution in [0.5, 0.6) is 0 Å². The number of benzene rings is 1. The van der Waals surface area contributed by atoms with Crippen LogP contribution in [0, 0.1) is 0 Å². The molecule has 5 rings (SSSR count). The molecule has 10 heteroatoms. The maximum absolute atomic E-state index is 12.5. The molecule has 3 aromatic heterocycles. The van der Waals surface area contributed by atoms with Gasteiger partial charge in [0.2, 0.25) is 5.91 Å². The van der Waals surface area contributed by atoms with Crippen molar-refractivity contribution in [3.05, 3.63) is 65.7 Å². The molecule has 1 saturated heterocycles. The Hall–Kier alpha value is -3.47. The van der Waals surface area contributed by atoms with Crippen molar-refractivity contribution in [3.8, 4) is 0 Å². The monoisotopic (exact) mass is 479 g/mol. The Balaban J connectivity index is 1.15. The van der Waals surface area contributed by atoms with E-state index < -0.39 is 0 Å². The van der Waals surface area contributed by atoms with Crippen molar-refractivity contribution in [2.45, 2.75) is 13.0 Å². The first-order valence-electron chi connectivity index (χ1n) is 11.1.